The maximum Gasteiger partial charge on any atom is 0.156 e. The Kier molecular flexibility index (Phi) is 4.62. The van der Waals surface area contributed by atoms with Crippen LogP contribution in [-0.4, -0.2) is 5.78 Å². The topological polar surface area (TPSA) is 17.1 Å². The van der Waals surface area contributed by atoms with E-state index in [1.165, 1.54) is 12.1 Å². The highest BCUT2D eigenvalue weighted by molar-refractivity contribution is 5.93. The van der Waals surface area contributed by atoms with Crippen molar-refractivity contribution in [1.29, 1.82) is 0 Å². The van der Waals surface area contributed by atoms with E-state index in [0.717, 1.165) is 11.1 Å². The van der Waals surface area contributed by atoms with Gasteiger partial charge < -0.3 is 0 Å². The third kappa shape index (κ3) is 4.51. The van der Waals surface area contributed by atoms with Crippen molar-refractivity contribution in [3.8, 4) is 0 Å². The first-order chi connectivity index (χ1) is 9.24. The average Bonchev–Trinajstić information content (AvgIpc) is 2.45. The minimum Gasteiger partial charge on any atom is -0.295 e. The van der Waals surface area contributed by atoms with E-state index >= 15 is 0 Å². The van der Waals surface area contributed by atoms with Crippen molar-refractivity contribution in [2.45, 2.75) is 12.8 Å². The Labute approximate surface area is 112 Å². The van der Waals surface area contributed by atoms with Gasteiger partial charge in [0.05, 0.1) is 0 Å². The number of halogens is 1. The molecular formula is C17H15FO. The van der Waals surface area contributed by atoms with Crippen molar-refractivity contribution in [1.82, 2.24) is 0 Å². The number of carbonyl (C=O) groups excluding carboxylic acids is 1. The highest BCUT2D eigenvalue weighted by Gasteiger charge is 1.99. The SMILES string of the molecule is O=C(/C=C/c1ccccc1)CCc1ccc(F)cc1. The second-order valence-corrected chi connectivity index (χ2v) is 4.34. The van der Waals surface area contributed by atoms with Gasteiger partial charge in [-0.1, -0.05) is 48.5 Å². The van der Waals surface area contributed by atoms with Gasteiger partial charge in [-0.05, 0) is 35.8 Å². The Bertz CT molecular complexity index is 556. The van der Waals surface area contributed by atoms with Gasteiger partial charge in [0.1, 0.15) is 5.82 Å². The number of hydrogen-bond donors (Lipinski definition) is 0. The predicted octanol–water partition coefficient (Wildman–Crippen LogP) is 4.04. The molecule has 0 atom stereocenters. The first kappa shape index (κ1) is 13.2. The van der Waals surface area contributed by atoms with Gasteiger partial charge in [0.15, 0.2) is 5.78 Å². The summed E-state index contributed by atoms with van der Waals surface area (Å²) in [6.45, 7) is 0. The van der Waals surface area contributed by atoms with Crippen LogP contribution in [0, 0.1) is 5.82 Å². The van der Waals surface area contributed by atoms with Crippen LogP contribution in [0.3, 0.4) is 0 Å². The Morgan fingerprint density at radius 3 is 2.37 bits per heavy atom. The molecule has 2 rings (SSSR count). The molecule has 0 saturated carbocycles. The molecule has 0 amide bonds. The summed E-state index contributed by atoms with van der Waals surface area (Å²) in [6.07, 6.45) is 4.49. The fourth-order valence-electron chi connectivity index (χ4n) is 1.76. The molecule has 0 saturated heterocycles. The van der Waals surface area contributed by atoms with Crippen LogP contribution in [0.2, 0.25) is 0 Å². The van der Waals surface area contributed by atoms with Crippen molar-refractivity contribution in [3.63, 3.8) is 0 Å². The van der Waals surface area contributed by atoms with Crippen molar-refractivity contribution >= 4 is 11.9 Å². The van der Waals surface area contributed by atoms with Gasteiger partial charge in [-0.15, -0.1) is 0 Å². The van der Waals surface area contributed by atoms with E-state index in [9.17, 15) is 9.18 Å². The molecule has 0 radical (unpaired) electrons. The van der Waals surface area contributed by atoms with E-state index in [1.54, 1.807) is 18.2 Å². The van der Waals surface area contributed by atoms with Gasteiger partial charge >= 0.3 is 0 Å². The third-order valence-corrected chi connectivity index (χ3v) is 2.83. The van der Waals surface area contributed by atoms with Crippen molar-refractivity contribution in [2.75, 3.05) is 0 Å². The van der Waals surface area contributed by atoms with Gasteiger partial charge in [0, 0.05) is 6.42 Å². The average molecular weight is 254 g/mol. The molecule has 0 heterocycles. The maximum atomic E-state index is 12.7. The van der Waals surface area contributed by atoms with Crippen LogP contribution < -0.4 is 0 Å². The number of carbonyl (C=O) groups is 1. The number of allylic oxidation sites excluding steroid dienone is 1. The Morgan fingerprint density at radius 2 is 1.68 bits per heavy atom. The number of rotatable bonds is 5. The molecule has 0 aromatic heterocycles. The summed E-state index contributed by atoms with van der Waals surface area (Å²) in [7, 11) is 0. The third-order valence-electron chi connectivity index (χ3n) is 2.83. The van der Waals surface area contributed by atoms with Gasteiger partial charge in [-0.3, -0.25) is 4.79 Å². The molecule has 0 aliphatic heterocycles. The van der Waals surface area contributed by atoms with Crippen LogP contribution in [-0.2, 0) is 11.2 Å². The lowest BCUT2D eigenvalue weighted by Crippen LogP contribution is -1.96. The van der Waals surface area contributed by atoms with E-state index in [2.05, 4.69) is 0 Å². The van der Waals surface area contributed by atoms with Gasteiger partial charge in [0.25, 0.3) is 0 Å². The Hall–Kier alpha value is -2.22. The molecule has 0 bridgehead atoms. The van der Waals surface area contributed by atoms with Crippen LogP contribution in [0.5, 0.6) is 0 Å². The molecule has 0 aliphatic rings. The fourth-order valence-corrected chi connectivity index (χ4v) is 1.76. The molecule has 0 aliphatic carbocycles. The summed E-state index contributed by atoms with van der Waals surface area (Å²) >= 11 is 0. The summed E-state index contributed by atoms with van der Waals surface area (Å²) in [6, 6.07) is 16.0. The zero-order valence-electron chi connectivity index (χ0n) is 10.6. The molecule has 96 valence electrons. The minimum absolute atomic E-state index is 0.0770. The highest BCUT2D eigenvalue weighted by atomic mass is 19.1. The summed E-state index contributed by atoms with van der Waals surface area (Å²) in [5.41, 5.74) is 1.99. The van der Waals surface area contributed by atoms with Crippen LogP contribution in [0.15, 0.2) is 60.7 Å². The van der Waals surface area contributed by atoms with E-state index in [4.69, 9.17) is 0 Å². The van der Waals surface area contributed by atoms with Crippen molar-refractivity contribution < 1.29 is 9.18 Å². The summed E-state index contributed by atoms with van der Waals surface area (Å²) in [5, 5.41) is 0. The molecule has 2 aromatic carbocycles. The minimum atomic E-state index is -0.251. The zero-order chi connectivity index (χ0) is 13.5. The lowest BCUT2D eigenvalue weighted by molar-refractivity contribution is -0.114. The number of hydrogen-bond acceptors (Lipinski definition) is 1. The monoisotopic (exact) mass is 254 g/mol. The van der Waals surface area contributed by atoms with Crippen LogP contribution in [0.1, 0.15) is 17.5 Å². The quantitative estimate of drug-likeness (QED) is 0.736. The molecule has 0 unspecified atom stereocenters. The van der Waals surface area contributed by atoms with E-state index in [-0.39, 0.29) is 11.6 Å². The molecule has 2 aromatic rings. The smallest absolute Gasteiger partial charge is 0.156 e. The molecule has 0 N–H and O–H groups in total. The summed E-state index contributed by atoms with van der Waals surface area (Å²) < 4.78 is 12.7. The zero-order valence-corrected chi connectivity index (χ0v) is 10.6. The Morgan fingerprint density at radius 1 is 1.00 bits per heavy atom. The largest absolute Gasteiger partial charge is 0.295 e. The van der Waals surface area contributed by atoms with Gasteiger partial charge in [0.2, 0.25) is 0 Å². The second-order valence-electron chi connectivity index (χ2n) is 4.34. The first-order valence-electron chi connectivity index (χ1n) is 6.24. The number of benzene rings is 2. The molecule has 0 fully saturated rings. The van der Waals surface area contributed by atoms with Crippen LogP contribution >= 0.6 is 0 Å². The lowest BCUT2D eigenvalue weighted by Gasteiger charge is -1.98. The second kappa shape index (κ2) is 6.64. The van der Waals surface area contributed by atoms with Crippen molar-refractivity contribution in [3.05, 3.63) is 77.6 Å². The number of aryl methyl sites for hydroxylation is 1. The maximum absolute atomic E-state index is 12.7. The van der Waals surface area contributed by atoms with Crippen molar-refractivity contribution in [2.24, 2.45) is 0 Å². The summed E-state index contributed by atoms with van der Waals surface area (Å²) in [5.74, 6) is -0.174. The van der Waals surface area contributed by atoms with Crippen LogP contribution in [0.4, 0.5) is 4.39 Å². The molecular weight excluding hydrogens is 239 g/mol. The van der Waals surface area contributed by atoms with Gasteiger partial charge in [-0.25, -0.2) is 4.39 Å². The Balaban J connectivity index is 1.85. The lowest BCUT2D eigenvalue weighted by atomic mass is 10.1. The van der Waals surface area contributed by atoms with E-state index < -0.39 is 0 Å². The van der Waals surface area contributed by atoms with E-state index in [0.29, 0.717) is 12.8 Å². The highest BCUT2D eigenvalue weighted by Crippen LogP contribution is 2.07. The standard InChI is InChI=1S/C17H15FO/c18-16-10-6-15(7-11-16)9-13-17(19)12-8-14-4-2-1-3-5-14/h1-8,10-12H,9,13H2/b12-8+. The predicted molar refractivity (Wildman–Crippen MR) is 75.2 cm³/mol. The molecule has 19 heavy (non-hydrogen) atoms. The molecule has 2 heteroatoms. The summed E-state index contributed by atoms with van der Waals surface area (Å²) in [4.78, 5) is 11.7. The van der Waals surface area contributed by atoms with Crippen LogP contribution in [0.25, 0.3) is 6.08 Å². The van der Waals surface area contributed by atoms with E-state index in [1.807, 2.05) is 36.4 Å². The first-order valence-corrected chi connectivity index (χ1v) is 6.24. The fraction of sp³-hybridized carbons (Fsp3) is 0.118. The normalized spacial score (nSPS) is 10.8. The van der Waals surface area contributed by atoms with Gasteiger partial charge in [-0.2, -0.15) is 0 Å². The molecule has 0 spiro atoms. The number of ketones is 1. The molecule has 1 nitrogen and oxygen atoms in total.